The van der Waals surface area contributed by atoms with E-state index < -0.39 is 0 Å². The molecule has 2 rings (SSSR count). The lowest BCUT2D eigenvalue weighted by atomic mass is 9.90. The molecule has 88 valence electrons. The number of nitrogens with two attached hydrogens (primary N) is 1. The van der Waals surface area contributed by atoms with Gasteiger partial charge in [0.2, 0.25) is 0 Å². The monoisotopic (exact) mass is 259 g/mol. The van der Waals surface area contributed by atoms with E-state index in [-0.39, 0.29) is 6.04 Å². The van der Waals surface area contributed by atoms with Crippen LogP contribution in [0.15, 0.2) is 18.2 Å². The predicted molar refractivity (Wildman–Crippen MR) is 67.1 cm³/mol. The second-order valence-electron chi connectivity index (χ2n) is 4.23. The van der Waals surface area contributed by atoms with Crippen LogP contribution in [0, 0.1) is 5.92 Å². The van der Waals surface area contributed by atoms with Gasteiger partial charge in [0, 0.05) is 28.6 Å². The van der Waals surface area contributed by atoms with Gasteiger partial charge in [-0.2, -0.15) is 0 Å². The third-order valence-corrected chi connectivity index (χ3v) is 3.63. The van der Waals surface area contributed by atoms with Crippen LogP contribution in [0.25, 0.3) is 0 Å². The summed E-state index contributed by atoms with van der Waals surface area (Å²) in [7, 11) is 0. The molecule has 0 aliphatic carbocycles. The maximum Gasteiger partial charge on any atom is 0.0512 e. The van der Waals surface area contributed by atoms with Crippen LogP contribution in [0.2, 0.25) is 10.0 Å². The van der Waals surface area contributed by atoms with Gasteiger partial charge < -0.3 is 10.5 Å². The summed E-state index contributed by atoms with van der Waals surface area (Å²) >= 11 is 12.1. The van der Waals surface area contributed by atoms with Crippen molar-refractivity contribution in [2.45, 2.75) is 18.9 Å². The minimum atomic E-state index is 0.198. The number of ether oxygens (including phenoxy) is 1. The molecule has 16 heavy (non-hydrogen) atoms. The molecule has 0 unspecified atom stereocenters. The van der Waals surface area contributed by atoms with Gasteiger partial charge in [0.1, 0.15) is 0 Å². The van der Waals surface area contributed by atoms with Crippen molar-refractivity contribution in [2.24, 2.45) is 11.7 Å². The van der Waals surface area contributed by atoms with Gasteiger partial charge in [-0.3, -0.25) is 0 Å². The summed E-state index contributed by atoms with van der Waals surface area (Å²) < 4.78 is 5.44. The fourth-order valence-electron chi connectivity index (χ4n) is 2.01. The highest BCUT2D eigenvalue weighted by molar-refractivity contribution is 6.33. The molecule has 1 aromatic carbocycles. The summed E-state index contributed by atoms with van der Waals surface area (Å²) in [6.45, 7) is 1.48. The van der Waals surface area contributed by atoms with Gasteiger partial charge in [-0.05, 0) is 36.6 Å². The lowest BCUT2D eigenvalue weighted by Crippen LogP contribution is -2.39. The van der Waals surface area contributed by atoms with Crippen molar-refractivity contribution in [3.63, 3.8) is 0 Å². The van der Waals surface area contributed by atoms with Crippen molar-refractivity contribution in [2.75, 3.05) is 13.2 Å². The van der Waals surface area contributed by atoms with Crippen LogP contribution < -0.4 is 5.73 Å². The molecule has 0 radical (unpaired) electrons. The zero-order valence-electron chi connectivity index (χ0n) is 8.96. The minimum absolute atomic E-state index is 0.198. The molecule has 2 atom stereocenters. The van der Waals surface area contributed by atoms with Gasteiger partial charge in [-0.25, -0.2) is 0 Å². The Morgan fingerprint density at radius 3 is 2.94 bits per heavy atom. The molecule has 1 aliphatic heterocycles. The number of hydrogen-bond donors (Lipinski definition) is 1. The average molecular weight is 260 g/mol. The summed E-state index contributed by atoms with van der Waals surface area (Å²) in [5.41, 5.74) is 7.11. The molecule has 4 heteroatoms. The largest absolute Gasteiger partial charge is 0.381 e. The Labute approximate surface area is 106 Å². The molecule has 2 nitrogen and oxygen atoms in total. The summed E-state index contributed by atoms with van der Waals surface area (Å²) in [5.74, 6) is 0.338. The fraction of sp³-hybridized carbons (Fsp3) is 0.500. The quantitative estimate of drug-likeness (QED) is 0.887. The summed E-state index contributed by atoms with van der Waals surface area (Å²) in [4.78, 5) is 0. The molecule has 1 fully saturated rings. The highest BCUT2D eigenvalue weighted by Crippen LogP contribution is 2.25. The van der Waals surface area contributed by atoms with Gasteiger partial charge in [-0.1, -0.05) is 23.2 Å². The highest BCUT2D eigenvalue weighted by atomic mass is 35.5. The summed E-state index contributed by atoms with van der Waals surface area (Å²) in [6, 6.07) is 5.73. The molecule has 2 N–H and O–H groups in total. The zero-order valence-corrected chi connectivity index (χ0v) is 10.5. The van der Waals surface area contributed by atoms with Gasteiger partial charge in [-0.15, -0.1) is 0 Å². The molecule has 1 heterocycles. The molecular weight excluding hydrogens is 245 g/mol. The van der Waals surface area contributed by atoms with Gasteiger partial charge in [0.15, 0.2) is 0 Å². The third kappa shape index (κ3) is 2.89. The first kappa shape index (κ1) is 12.2. The molecule has 0 saturated carbocycles. The highest BCUT2D eigenvalue weighted by Gasteiger charge is 2.23. The standard InChI is InChI=1S/C12H15Cl2NO/c13-10-1-2-11(14)8(6-10)5-9-7-16-4-3-12(9)15/h1-2,6,9,12H,3-5,7,15H2/t9-,12+/m1/s1. The Balaban J connectivity index is 2.10. The summed E-state index contributed by atoms with van der Waals surface area (Å²) in [6.07, 6.45) is 1.75. The van der Waals surface area contributed by atoms with Gasteiger partial charge in [0.05, 0.1) is 6.61 Å². The van der Waals surface area contributed by atoms with Gasteiger partial charge in [0.25, 0.3) is 0 Å². The van der Waals surface area contributed by atoms with E-state index >= 15 is 0 Å². The van der Waals surface area contributed by atoms with E-state index in [4.69, 9.17) is 33.7 Å². The normalized spacial score (nSPS) is 25.7. The van der Waals surface area contributed by atoms with E-state index in [2.05, 4.69) is 0 Å². The second-order valence-corrected chi connectivity index (χ2v) is 5.07. The number of halogens is 2. The van der Waals surface area contributed by atoms with Crippen molar-refractivity contribution in [3.8, 4) is 0 Å². The number of hydrogen-bond acceptors (Lipinski definition) is 2. The predicted octanol–water partition coefficient (Wildman–Crippen LogP) is 2.90. The van der Waals surface area contributed by atoms with E-state index in [1.165, 1.54) is 0 Å². The van der Waals surface area contributed by atoms with E-state index in [1.807, 2.05) is 12.1 Å². The molecule has 1 aliphatic rings. The first-order valence-corrected chi connectivity index (χ1v) is 6.19. The Bertz CT molecular complexity index is 370. The first-order chi connectivity index (χ1) is 7.66. The maximum absolute atomic E-state index is 6.12. The van der Waals surface area contributed by atoms with Gasteiger partial charge >= 0.3 is 0 Å². The maximum atomic E-state index is 6.12. The lowest BCUT2D eigenvalue weighted by Gasteiger charge is -2.29. The van der Waals surface area contributed by atoms with E-state index in [0.29, 0.717) is 17.5 Å². The first-order valence-electron chi connectivity index (χ1n) is 5.44. The van der Waals surface area contributed by atoms with Crippen LogP contribution >= 0.6 is 23.2 Å². The van der Waals surface area contributed by atoms with Crippen molar-refractivity contribution >= 4 is 23.2 Å². The van der Waals surface area contributed by atoms with E-state index in [0.717, 1.165) is 30.0 Å². The van der Waals surface area contributed by atoms with Crippen LogP contribution in [0.4, 0.5) is 0 Å². The Kier molecular flexibility index (Phi) is 4.09. The topological polar surface area (TPSA) is 35.2 Å². The second kappa shape index (κ2) is 5.37. The van der Waals surface area contributed by atoms with E-state index in [1.54, 1.807) is 6.07 Å². The van der Waals surface area contributed by atoms with Crippen LogP contribution in [-0.4, -0.2) is 19.3 Å². The van der Waals surface area contributed by atoms with Crippen molar-refractivity contribution in [1.82, 2.24) is 0 Å². The van der Waals surface area contributed by atoms with Crippen molar-refractivity contribution in [1.29, 1.82) is 0 Å². The molecule has 0 bridgehead atoms. The Hall–Kier alpha value is -0.280. The molecule has 0 amide bonds. The molecule has 0 aromatic heterocycles. The number of rotatable bonds is 2. The average Bonchev–Trinajstić information content (AvgIpc) is 2.27. The number of benzene rings is 1. The van der Waals surface area contributed by atoms with Crippen molar-refractivity contribution in [3.05, 3.63) is 33.8 Å². The van der Waals surface area contributed by atoms with Crippen LogP contribution in [0.1, 0.15) is 12.0 Å². The Morgan fingerprint density at radius 1 is 1.38 bits per heavy atom. The van der Waals surface area contributed by atoms with Crippen LogP contribution in [0.5, 0.6) is 0 Å². The zero-order chi connectivity index (χ0) is 11.5. The smallest absolute Gasteiger partial charge is 0.0512 e. The van der Waals surface area contributed by atoms with Crippen molar-refractivity contribution < 1.29 is 4.74 Å². The van der Waals surface area contributed by atoms with E-state index in [9.17, 15) is 0 Å². The lowest BCUT2D eigenvalue weighted by molar-refractivity contribution is 0.0422. The molecular formula is C12H15Cl2NO. The van der Waals surface area contributed by atoms with Crippen LogP contribution in [-0.2, 0) is 11.2 Å². The Morgan fingerprint density at radius 2 is 2.19 bits per heavy atom. The SMILES string of the molecule is N[C@H]1CCOC[C@H]1Cc1cc(Cl)ccc1Cl. The molecule has 0 spiro atoms. The van der Waals surface area contributed by atoms with Crippen LogP contribution in [0.3, 0.4) is 0 Å². The third-order valence-electron chi connectivity index (χ3n) is 3.02. The minimum Gasteiger partial charge on any atom is -0.381 e. The molecule has 1 aromatic rings. The molecule has 1 saturated heterocycles. The summed E-state index contributed by atoms with van der Waals surface area (Å²) in [5, 5.41) is 1.46. The fourth-order valence-corrected chi connectivity index (χ4v) is 2.40.